The Labute approximate surface area is 238 Å². The summed E-state index contributed by atoms with van der Waals surface area (Å²) >= 11 is 8.68. The highest BCUT2D eigenvalue weighted by Crippen LogP contribution is 2.33. The number of hydrogen-bond acceptors (Lipinski definition) is 8. The van der Waals surface area contributed by atoms with Crippen LogP contribution in [0.15, 0.2) is 30.3 Å². The molecule has 1 unspecified atom stereocenters. The number of fused-ring (bicyclic) bond motifs is 1. The van der Waals surface area contributed by atoms with Gasteiger partial charge < -0.3 is 30.7 Å². The highest BCUT2D eigenvalue weighted by molar-refractivity contribution is 8.24. The molecule has 0 saturated carbocycles. The van der Waals surface area contributed by atoms with Crippen LogP contribution in [0.4, 0.5) is 4.79 Å². The molecular weight excluding hydrogens is 545 g/mol. The second-order valence-corrected chi connectivity index (χ2v) is 12.4. The van der Waals surface area contributed by atoms with Crippen LogP contribution in [-0.2, 0) is 19.1 Å². The van der Waals surface area contributed by atoms with Crippen molar-refractivity contribution >= 4 is 57.8 Å². The van der Waals surface area contributed by atoms with E-state index in [2.05, 4.69) is 21.3 Å². The summed E-state index contributed by atoms with van der Waals surface area (Å²) in [6, 6.07) is 10.1. The number of thioether (sulfide) groups is 2. The van der Waals surface area contributed by atoms with Crippen molar-refractivity contribution < 1.29 is 23.9 Å². The third kappa shape index (κ3) is 10.7. The molecular formula is C26H38N4O5S3. The number of urea groups is 1. The monoisotopic (exact) mass is 582 g/mol. The minimum atomic E-state index is -0.283. The Hall–Kier alpha value is -1.86. The lowest BCUT2D eigenvalue weighted by molar-refractivity contribution is -0.122. The third-order valence-corrected chi connectivity index (χ3v) is 9.28. The van der Waals surface area contributed by atoms with Crippen molar-refractivity contribution in [3.8, 4) is 0 Å². The van der Waals surface area contributed by atoms with E-state index in [0.29, 0.717) is 55.4 Å². The van der Waals surface area contributed by atoms with Crippen LogP contribution < -0.4 is 21.3 Å². The summed E-state index contributed by atoms with van der Waals surface area (Å²) in [6.45, 7) is 4.39. The van der Waals surface area contributed by atoms with Crippen molar-refractivity contribution in [1.29, 1.82) is 0 Å². The van der Waals surface area contributed by atoms with Gasteiger partial charge in [-0.3, -0.25) is 9.59 Å². The first-order valence-electron chi connectivity index (χ1n) is 13.1. The molecule has 2 fully saturated rings. The number of unbranched alkanes of at least 4 members (excludes halogenated alkanes) is 1. The van der Waals surface area contributed by atoms with E-state index in [-0.39, 0.29) is 35.2 Å². The molecule has 210 valence electrons. The van der Waals surface area contributed by atoms with Crippen molar-refractivity contribution in [2.75, 3.05) is 45.3 Å². The molecule has 0 spiro atoms. The SMILES string of the molecule is CC(SC(=S)c1ccccc1)C(=O)NCCOCCOCCNC(=O)CCCC[C@@H]1SC[C@@H]2NC(=O)N[C@@H]21. The van der Waals surface area contributed by atoms with Gasteiger partial charge in [0.2, 0.25) is 11.8 Å². The Bertz CT molecular complexity index is 923. The van der Waals surface area contributed by atoms with E-state index in [9.17, 15) is 14.4 Å². The largest absolute Gasteiger partial charge is 0.377 e. The van der Waals surface area contributed by atoms with E-state index in [0.717, 1.165) is 30.6 Å². The van der Waals surface area contributed by atoms with Crippen LogP contribution in [0.2, 0.25) is 0 Å². The number of ether oxygens (including phenoxy) is 2. The second-order valence-electron chi connectivity index (χ2n) is 9.15. The zero-order valence-electron chi connectivity index (χ0n) is 21.7. The molecule has 12 heteroatoms. The molecule has 0 bridgehead atoms. The van der Waals surface area contributed by atoms with Gasteiger partial charge in [0.1, 0.15) is 0 Å². The number of rotatable bonds is 17. The van der Waals surface area contributed by atoms with Crippen molar-refractivity contribution in [3.05, 3.63) is 35.9 Å². The minimum absolute atomic E-state index is 0.0327. The van der Waals surface area contributed by atoms with Gasteiger partial charge in [-0.05, 0) is 25.3 Å². The lowest BCUT2D eigenvalue weighted by Gasteiger charge is -2.16. The highest BCUT2D eigenvalue weighted by atomic mass is 32.2. The molecule has 3 rings (SSSR count). The molecule has 0 aromatic heterocycles. The molecule has 2 aliphatic rings. The van der Waals surface area contributed by atoms with E-state index in [1.807, 2.05) is 49.0 Å². The number of amides is 4. The van der Waals surface area contributed by atoms with Crippen LogP contribution in [0.25, 0.3) is 0 Å². The fraction of sp³-hybridized carbons (Fsp3) is 0.615. The van der Waals surface area contributed by atoms with Crippen LogP contribution in [0.5, 0.6) is 0 Å². The second kappa shape index (κ2) is 17.0. The normalized spacial score (nSPS) is 20.8. The van der Waals surface area contributed by atoms with Gasteiger partial charge >= 0.3 is 6.03 Å². The van der Waals surface area contributed by atoms with Crippen molar-refractivity contribution in [2.45, 2.75) is 55.2 Å². The maximum absolute atomic E-state index is 12.2. The molecule has 0 radical (unpaired) electrons. The number of nitrogens with one attached hydrogen (secondary N) is 4. The topological polar surface area (TPSA) is 118 Å². The minimum Gasteiger partial charge on any atom is -0.377 e. The third-order valence-electron chi connectivity index (χ3n) is 6.23. The van der Waals surface area contributed by atoms with Crippen molar-refractivity contribution in [2.24, 2.45) is 0 Å². The van der Waals surface area contributed by atoms with Crippen LogP contribution in [-0.4, -0.2) is 89.9 Å². The first-order chi connectivity index (χ1) is 18.4. The molecule has 1 aromatic rings. The number of carbonyl (C=O) groups excluding carboxylic acids is 3. The Morgan fingerprint density at radius 1 is 1.08 bits per heavy atom. The predicted octanol–water partition coefficient (Wildman–Crippen LogP) is 2.48. The fourth-order valence-electron chi connectivity index (χ4n) is 4.19. The van der Waals surface area contributed by atoms with Crippen molar-refractivity contribution in [3.63, 3.8) is 0 Å². The van der Waals surface area contributed by atoms with Gasteiger partial charge in [-0.1, -0.05) is 49.0 Å². The standard InChI is InChI=1S/C26H38N4O5S3/c1-18(38-25(36)19-7-3-2-4-8-19)24(32)28-12-14-35-16-15-34-13-11-27-22(31)10-6-5-9-21-23-20(17-37-21)29-26(33)30-23/h2-4,7-8,18,20-21,23H,5-6,9-17H2,1H3,(H,27,31)(H,28,32)(H2,29,30,33)/t18?,20-,21-,23-/m0/s1. The van der Waals surface area contributed by atoms with Crippen LogP contribution in [0, 0.1) is 0 Å². The van der Waals surface area contributed by atoms with Gasteiger partial charge in [0.25, 0.3) is 0 Å². The summed E-state index contributed by atoms with van der Waals surface area (Å²) in [5.74, 6) is 0.916. The first-order valence-corrected chi connectivity index (χ1v) is 15.4. The van der Waals surface area contributed by atoms with E-state index in [1.165, 1.54) is 11.8 Å². The fourth-order valence-corrected chi connectivity index (χ4v) is 7.09. The summed E-state index contributed by atoms with van der Waals surface area (Å²) in [6.07, 6.45) is 3.32. The summed E-state index contributed by atoms with van der Waals surface area (Å²) in [5.41, 5.74) is 0.946. The molecule has 4 N–H and O–H groups in total. The van der Waals surface area contributed by atoms with Crippen LogP contribution in [0.1, 0.15) is 38.2 Å². The molecule has 4 amide bonds. The smallest absolute Gasteiger partial charge is 0.315 e. The van der Waals surface area contributed by atoms with Gasteiger partial charge in [0, 0.05) is 30.5 Å². The number of thiocarbonyl (C=S) groups is 1. The Morgan fingerprint density at radius 3 is 2.53 bits per heavy atom. The van der Waals surface area contributed by atoms with Gasteiger partial charge in [-0.2, -0.15) is 11.8 Å². The van der Waals surface area contributed by atoms with E-state index >= 15 is 0 Å². The van der Waals surface area contributed by atoms with E-state index in [4.69, 9.17) is 21.7 Å². The average molecular weight is 583 g/mol. The first kappa shape index (κ1) is 30.7. The summed E-state index contributed by atoms with van der Waals surface area (Å²) in [4.78, 5) is 35.7. The highest BCUT2D eigenvalue weighted by Gasteiger charge is 2.42. The average Bonchev–Trinajstić information content (AvgIpc) is 3.47. The lowest BCUT2D eigenvalue weighted by atomic mass is 10.0. The summed E-state index contributed by atoms with van der Waals surface area (Å²) < 4.78 is 11.7. The van der Waals surface area contributed by atoms with Crippen molar-refractivity contribution in [1.82, 2.24) is 21.3 Å². The molecule has 38 heavy (non-hydrogen) atoms. The van der Waals surface area contributed by atoms with Gasteiger partial charge in [-0.25, -0.2) is 4.79 Å². The number of benzene rings is 1. The zero-order chi connectivity index (χ0) is 27.2. The molecule has 4 atom stereocenters. The molecule has 1 aromatic carbocycles. The molecule has 2 aliphatic heterocycles. The molecule has 9 nitrogen and oxygen atoms in total. The zero-order valence-corrected chi connectivity index (χ0v) is 24.2. The Morgan fingerprint density at radius 2 is 1.79 bits per heavy atom. The van der Waals surface area contributed by atoms with Crippen LogP contribution in [0.3, 0.4) is 0 Å². The van der Waals surface area contributed by atoms with Crippen LogP contribution >= 0.6 is 35.7 Å². The summed E-state index contributed by atoms with van der Waals surface area (Å²) in [7, 11) is 0. The van der Waals surface area contributed by atoms with Gasteiger partial charge in [0.15, 0.2) is 0 Å². The maximum atomic E-state index is 12.2. The summed E-state index contributed by atoms with van der Waals surface area (Å²) in [5, 5.41) is 11.8. The van der Waals surface area contributed by atoms with E-state index in [1.54, 1.807) is 0 Å². The quantitative estimate of drug-likeness (QED) is 0.126. The lowest BCUT2D eigenvalue weighted by Crippen LogP contribution is -2.36. The van der Waals surface area contributed by atoms with Gasteiger partial charge in [0.05, 0.1) is 48.0 Å². The van der Waals surface area contributed by atoms with Gasteiger partial charge in [-0.15, -0.1) is 11.8 Å². The van der Waals surface area contributed by atoms with E-state index < -0.39 is 0 Å². The molecule has 2 heterocycles. The maximum Gasteiger partial charge on any atom is 0.315 e. The molecule has 2 saturated heterocycles. The Balaban J connectivity index is 1.08. The number of carbonyl (C=O) groups is 3. The molecule has 0 aliphatic carbocycles. The number of hydrogen-bond donors (Lipinski definition) is 4. The Kier molecular flexibility index (Phi) is 13.7. The predicted molar refractivity (Wildman–Crippen MR) is 157 cm³/mol.